The van der Waals surface area contributed by atoms with E-state index in [9.17, 15) is 9.59 Å². The molecular weight excluding hydrogens is 400 g/mol. The normalized spacial score (nSPS) is 14.5. The Bertz CT molecular complexity index is 1050. The molecule has 0 atom stereocenters. The number of hydrogen-bond donors (Lipinski definition) is 0. The highest BCUT2D eigenvalue weighted by Crippen LogP contribution is 2.28. The van der Waals surface area contributed by atoms with Gasteiger partial charge in [-0.1, -0.05) is 12.1 Å². The van der Waals surface area contributed by atoms with Crippen LogP contribution >= 0.6 is 0 Å². The molecule has 1 fully saturated rings. The van der Waals surface area contributed by atoms with Crippen LogP contribution in [0.2, 0.25) is 0 Å². The molecule has 2 aromatic carbocycles. The van der Waals surface area contributed by atoms with Crippen molar-refractivity contribution in [2.45, 2.75) is 12.8 Å². The highest BCUT2D eigenvalue weighted by molar-refractivity contribution is 5.98. The van der Waals surface area contributed by atoms with Gasteiger partial charge in [0.2, 0.25) is 0 Å². The minimum atomic E-state index is -0.356. The third-order valence-electron chi connectivity index (χ3n) is 5.43. The summed E-state index contributed by atoms with van der Waals surface area (Å²) in [6, 6.07) is 13.0. The van der Waals surface area contributed by atoms with Gasteiger partial charge in [0.25, 0.3) is 6.01 Å². The van der Waals surface area contributed by atoms with Crippen LogP contribution < -0.4 is 14.4 Å². The summed E-state index contributed by atoms with van der Waals surface area (Å²) < 4.78 is 21.5. The molecule has 0 bridgehead atoms. The zero-order valence-corrected chi connectivity index (χ0v) is 17.5. The fraction of sp³-hybridized carbons (Fsp3) is 0.348. The van der Waals surface area contributed by atoms with E-state index in [1.54, 1.807) is 18.2 Å². The van der Waals surface area contributed by atoms with Gasteiger partial charge in [-0.25, -0.2) is 0 Å². The number of methoxy groups -OCH3 is 2. The molecule has 8 heteroatoms. The number of esters is 1. The van der Waals surface area contributed by atoms with Gasteiger partial charge in [-0.05, 0) is 43.2 Å². The number of ketones is 1. The zero-order valence-electron chi connectivity index (χ0n) is 17.5. The fourth-order valence-electron chi connectivity index (χ4n) is 3.65. The molecule has 3 aromatic rings. The number of hydrogen-bond acceptors (Lipinski definition) is 8. The SMILES string of the molecule is COc1ccc(C(=O)COC(=O)C2CCN(c3nc4ccccc4o3)CC2)cc1OC. The monoisotopic (exact) mass is 424 g/mol. The number of oxazole rings is 1. The van der Waals surface area contributed by atoms with Gasteiger partial charge in [-0.3, -0.25) is 9.59 Å². The van der Waals surface area contributed by atoms with E-state index < -0.39 is 0 Å². The lowest BCUT2D eigenvalue weighted by Crippen LogP contribution is -2.37. The number of aromatic nitrogens is 1. The summed E-state index contributed by atoms with van der Waals surface area (Å²) in [5.74, 6) is 0.0797. The number of fused-ring (bicyclic) bond motifs is 1. The highest BCUT2D eigenvalue weighted by atomic mass is 16.5. The minimum Gasteiger partial charge on any atom is -0.493 e. The van der Waals surface area contributed by atoms with Gasteiger partial charge in [-0.2, -0.15) is 4.98 Å². The van der Waals surface area contributed by atoms with Crippen LogP contribution in [0.1, 0.15) is 23.2 Å². The minimum absolute atomic E-state index is 0.251. The molecule has 0 spiro atoms. The Hall–Kier alpha value is -3.55. The van der Waals surface area contributed by atoms with Crippen LogP contribution in [0.4, 0.5) is 6.01 Å². The van der Waals surface area contributed by atoms with Gasteiger partial charge >= 0.3 is 5.97 Å². The molecule has 8 nitrogen and oxygen atoms in total. The molecule has 2 heterocycles. The van der Waals surface area contributed by atoms with Crippen molar-refractivity contribution in [3.8, 4) is 11.5 Å². The van der Waals surface area contributed by atoms with Crippen molar-refractivity contribution in [1.82, 2.24) is 4.98 Å². The third kappa shape index (κ3) is 4.47. The Balaban J connectivity index is 1.29. The number of carbonyl (C=O) groups excluding carboxylic acids is 2. The summed E-state index contributed by atoms with van der Waals surface area (Å²) in [6.07, 6.45) is 1.23. The molecule has 0 radical (unpaired) electrons. The highest BCUT2D eigenvalue weighted by Gasteiger charge is 2.28. The van der Waals surface area contributed by atoms with Crippen molar-refractivity contribution in [2.24, 2.45) is 5.92 Å². The second kappa shape index (κ2) is 9.07. The molecular formula is C23H24N2O6. The molecule has 162 valence electrons. The molecule has 0 amide bonds. The topological polar surface area (TPSA) is 91.1 Å². The number of piperidine rings is 1. The van der Waals surface area contributed by atoms with Crippen molar-refractivity contribution in [1.29, 1.82) is 0 Å². The summed E-state index contributed by atoms with van der Waals surface area (Å²) in [5, 5.41) is 0. The Kier molecular flexibility index (Phi) is 6.06. The van der Waals surface area contributed by atoms with E-state index in [1.165, 1.54) is 14.2 Å². The molecule has 0 unspecified atom stereocenters. The van der Waals surface area contributed by atoms with Crippen LogP contribution in [0.3, 0.4) is 0 Å². The number of nitrogens with zero attached hydrogens (tertiary/aromatic N) is 2. The fourth-order valence-corrected chi connectivity index (χ4v) is 3.65. The van der Waals surface area contributed by atoms with Crippen LogP contribution in [0.25, 0.3) is 11.1 Å². The van der Waals surface area contributed by atoms with E-state index in [-0.39, 0.29) is 24.3 Å². The summed E-state index contributed by atoms with van der Waals surface area (Å²) in [7, 11) is 3.02. The van der Waals surface area contributed by atoms with E-state index in [2.05, 4.69) is 4.98 Å². The standard InChI is InChI=1S/C23H24N2O6/c1-28-20-8-7-16(13-21(20)29-2)18(26)14-30-22(27)15-9-11-25(12-10-15)23-24-17-5-3-4-6-19(17)31-23/h3-8,13,15H,9-12,14H2,1-2H3. The van der Waals surface area contributed by atoms with Gasteiger partial charge in [0.1, 0.15) is 5.52 Å². The first-order valence-corrected chi connectivity index (χ1v) is 10.1. The van der Waals surface area contributed by atoms with Gasteiger partial charge in [0.15, 0.2) is 29.5 Å². The number of para-hydroxylation sites is 2. The van der Waals surface area contributed by atoms with Gasteiger partial charge in [0, 0.05) is 18.7 Å². The van der Waals surface area contributed by atoms with E-state index in [1.807, 2.05) is 29.2 Å². The lowest BCUT2D eigenvalue weighted by atomic mass is 9.97. The number of Topliss-reactive ketones (excluding diaryl/α,β-unsaturated/α-hetero) is 1. The summed E-state index contributed by atoms with van der Waals surface area (Å²) >= 11 is 0. The maximum Gasteiger partial charge on any atom is 0.309 e. The van der Waals surface area contributed by atoms with E-state index in [0.29, 0.717) is 49.0 Å². The number of anilines is 1. The van der Waals surface area contributed by atoms with Crippen LogP contribution in [-0.2, 0) is 9.53 Å². The second-order valence-electron chi connectivity index (χ2n) is 7.33. The van der Waals surface area contributed by atoms with Gasteiger partial charge in [-0.15, -0.1) is 0 Å². The van der Waals surface area contributed by atoms with Gasteiger partial charge in [0.05, 0.1) is 20.1 Å². The van der Waals surface area contributed by atoms with Crippen molar-refractivity contribution >= 4 is 28.9 Å². The van der Waals surface area contributed by atoms with E-state index in [0.717, 1.165) is 11.1 Å². The average molecular weight is 424 g/mol. The summed E-state index contributed by atoms with van der Waals surface area (Å²) in [6.45, 7) is 0.964. The quantitative estimate of drug-likeness (QED) is 0.421. The molecule has 31 heavy (non-hydrogen) atoms. The Labute approximate surface area is 179 Å². The first-order valence-electron chi connectivity index (χ1n) is 10.1. The number of ether oxygens (including phenoxy) is 3. The van der Waals surface area contributed by atoms with Crippen LogP contribution in [0.15, 0.2) is 46.9 Å². The molecule has 0 aliphatic carbocycles. The van der Waals surface area contributed by atoms with Crippen LogP contribution in [-0.4, -0.2) is 50.7 Å². The Morgan fingerprint density at radius 1 is 1.06 bits per heavy atom. The molecule has 1 aliphatic rings. The first-order chi connectivity index (χ1) is 15.1. The number of benzene rings is 2. The van der Waals surface area contributed by atoms with E-state index in [4.69, 9.17) is 18.6 Å². The molecule has 1 aliphatic heterocycles. The molecule has 0 N–H and O–H groups in total. The van der Waals surface area contributed by atoms with Crippen molar-refractivity contribution in [2.75, 3.05) is 38.8 Å². The first kappa shape index (κ1) is 20.7. The second-order valence-corrected chi connectivity index (χ2v) is 7.33. The molecule has 4 rings (SSSR count). The largest absolute Gasteiger partial charge is 0.493 e. The summed E-state index contributed by atoms with van der Waals surface area (Å²) in [4.78, 5) is 31.4. The van der Waals surface area contributed by atoms with Crippen LogP contribution in [0.5, 0.6) is 11.5 Å². The van der Waals surface area contributed by atoms with Crippen molar-refractivity contribution in [3.05, 3.63) is 48.0 Å². The van der Waals surface area contributed by atoms with Crippen molar-refractivity contribution < 1.29 is 28.2 Å². The zero-order chi connectivity index (χ0) is 21.8. The summed E-state index contributed by atoms with van der Waals surface area (Å²) in [5.41, 5.74) is 1.96. The average Bonchev–Trinajstić information content (AvgIpc) is 3.26. The Morgan fingerprint density at radius 2 is 1.81 bits per heavy atom. The predicted octanol–water partition coefficient (Wildman–Crippen LogP) is 3.49. The van der Waals surface area contributed by atoms with Gasteiger partial charge < -0.3 is 23.5 Å². The maximum absolute atomic E-state index is 12.5. The lowest BCUT2D eigenvalue weighted by Gasteiger charge is -2.29. The predicted molar refractivity (Wildman–Crippen MR) is 114 cm³/mol. The van der Waals surface area contributed by atoms with Crippen LogP contribution in [0, 0.1) is 5.92 Å². The van der Waals surface area contributed by atoms with Crippen molar-refractivity contribution in [3.63, 3.8) is 0 Å². The number of rotatable bonds is 7. The lowest BCUT2D eigenvalue weighted by molar-refractivity contribution is -0.148. The number of carbonyl (C=O) groups is 2. The molecule has 0 saturated carbocycles. The maximum atomic E-state index is 12.5. The van der Waals surface area contributed by atoms with E-state index >= 15 is 0 Å². The third-order valence-corrected chi connectivity index (χ3v) is 5.43. The molecule has 1 aromatic heterocycles. The Morgan fingerprint density at radius 3 is 2.52 bits per heavy atom. The molecule has 1 saturated heterocycles. The smallest absolute Gasteiger partial charge is 0.309 e.